The van der Waals surface area contributed by atoms with Gasteiger partial charge >= 0.3 is 6.18 Å². The summed E-state index contributed by atoms with van der Waals surface area (Å²) in [6.07, 6.45) is 3.02. The van der Waals surface area contributed by atoms with Crippen molar-refractivity contribution in [3.05, 3.63) is 101 Å². The maximum absolute atomic E-state index is 13.8. The number of hydrogen-bond donors (Lipinski definition) is 0. The van der Waals surface area contributed by atoms with E-state index >= 15 is 0 Å². The lowest BCUT2D eigenvalue weighted by Crippen LogP contribution is -2.32. The van der Waals surface area contributed by atoms with E-state index in [1.807, 2.05) is 41.1 Å². The molecule has 7 nitrogen and oxygen atoms in total. The van der Waals surface area contributed by atoms with Crippen LogP contribution in [0.15, 0.2) is 73.1 Å². The van der Waals surface area contributed by atoms with Gasteiger partial charge in [0.25, 0.3) is 0 Å². The quantitative estimate of drug-likeness (QED) is 0.269. The van der Waals surface area contributed by atoms with Crippen molar-refractivity contribution in [3.63, 3.8) is 0 Å². The van der Waals surface area contributed by atoms with Gasteiger partial charge in [0.05, 0.1) is 24.8 Å². The molecule has 1 aliphatic carbocycles. The molecule has 198 valence electrons. The molecule has 0 N–H and O–H groups in total. The van der Waals surface area contributed by atoms with E-state index in [1.165, 1.54) is 12.1 Å². The monoisotopic (exact) mass is 522 g/mol. The van der Waals surface area contributed by atoms with Gasteiger partial charge < -0.3 is 4.74 Å². The van der Waals surface area contributed by atoms with Crippen molar-refractivity contribution in [3.8, 4) is 5.75 Å². The van der Waals surface area contributed by atoms with Crippen LogP contribution in [0.4, 0.5) is 13.2 Å². The summed E-state index contributed by atoms with van der Waals surface area (Å²) in [6, 6.07) is 16.4. The van der Waals surface area contributed by atoms with Gasteiger partial charge in [-0.15, -0.1) is 5.10 Å². The van der Waals surface area contributed by atoms with Crippen LogP contribution in [0.25, 0.3) is 0 Å². The Morgan fingerprint density at radius 2 is 1.76 bits per heavy atom. The summed E-state index contributed by atoms with van der Waals surface area (Å²) in [6.45, 7) is 0.871. The van der Waals surface area contributed by atoms with Crippen LogP contribution in [-0.4, -0.2) is 37.2 Å². The largest absolute Gasteiger partial charge is 0.497 e. The maximum Gasteiger partial charge on any atom is 0.416 e. The number of hydrogen-bond acceptors (Lipinski definition) is 6. The second-order valence-electron chi connectivity index (χ2n) is 9.56. The molecule has 2 heterocycles. The van der Waals surface area contributed by atoms with E-state index in [4.69, 9.17) is 4.74 Å². The number of benzene rings is 2. The van der Waals surface area contributed by atoms with Crippen LogP contribution in [0.2, 0.25) is 0 Å². The molecule has 10 heteroatoms. The topological polar surface area (TPSA) is 69.0 Å². The van der Waals surface area contributed by atoms with Gasteiger partial charge in [0, 0.05) is 25.5 Å². The highest BCUT2D eigenvalue weighted by Gasteiger charge is 2.35. The first-order chi connectivity index (χ1) is 18.4. The predicted octanol–water partition coefficient (Wildman–Crippen LogP) is 6.00. The van der Waals surface area contributed by atoms with Crippen molar-refractivity contribution in [1.82, 2.24) is 30.1 Å². The predicted molar refractivity (Wildman–Crippen MR) is 135 cm³/mol. The average molecular weight is 523 g/mol. The lowest BCUT2D eigenvalue weighted by Gasteiger charge is -2.32. The summed E-state index contributed by atoms with van der Waals surface area (Å²) in [5.74, 6) is 1.26. The summed E-state index contributed by atoms with van der Waals surface area (Å²) < 4.78 is 48.5. The zero-order chi connectivity index (χ0) is 26.5. The van der Waals surface area contributed by atoms with Gasteiger partial charge in [0.15, 0.2) is 5.82 Å². The van der Waals surface area contributed by atoms with Crippen LogP contribution < -0.4 is 4.74 Å². The van der Waals surface area contributed by atoms with Crippen LogP contribution >= 0.6 is 0 Å². The smallest absolute Gasteiger partial charge is 0.416 e. The number of alkyl halides is 3. The zero-order valence-electron chi connectivity index (χ0n) is 21.1. The van der Waals surface area contributed by atoms with E-state index in [0.717, 1.165) is 48.6 Å². The van der Waals surface area contributed by atoms with Crippen molar-refractivity contribution in [2.75, 3.05) is 7.11 Å². The third kappa shape index (κ3) is 5.85. The minimum absolute atomic E-state index is 0.120. The summed E-state index contributed by atoms with van der Waals surface area (Å²) in [7, 11) is 1.61. The Labute approximate surface area is 219 Å². The number of ether oxygens (including phenoxy) is 1. The van der Waals surface area contributed by atoms with Crippen LogP contribution in [-0.2, 0) is 19.3 Å². The van der Waals surface area contributed by atoms with Gasteiger partial charge in [-0.1, -0.05) is 43.2 Å². The molecule has 1 atom stereocenters. The van der Waals surface area contributed by atoms with Crippen LogP contribution in [0.3, 0.4) is 0 Å². The van der Waals surface area contributed by atoms with Gasteiger partial charge in [-0.3, -0.25) is 9.88 Å². The molecule has 1 unspecified atom stereocenters. The van der Waals surface area contributed by atoms with Gasteiger partial charge in [0.2, 0.25) is 0 Å². The molecule has 0 aliphatic heterocycles. The van der Waals surface area contributed by atoms with Crippen LogP contribution in [0.5, 0.6) is 5.75 Å². The lowest BCUT2D eigenvalue weighted by molar-refractivity contribution is -0.137. The summed E-state index contributed by atoms with van der Waals surface area (Å²) in [5, 5.41) is 12.7. The molecule has 1 fully saturated rings. The van der Waals surface area contributed by atoms with E-state index in [-0.39, 0.29) is 6.04 Å². The second kappa shape index (κ2) is 11.3. The van der Waals surface area contributed by atoms with Gasteiger partial charge in [-0.2, -0.15) is 13.2 Å². The number of nitrogens with zero attached hydrogens (tertiary/aromatic N) is 6. The molecule has 1 aliphatic rings. The van der Waals surface area contributed by atoms with Crippen molar-refractivity contribution < 1.29 is 17.9 Å². The molecule has 38 heavy (non-hydrogen) atoms. The van der Waals surface area contributed by atoms with Gasteiger partial charge in [-0.05, 0) is 70.3 Å². The van der Waals surface area contributed by atoms with Crippen molar-refractivity contribution in [1.29, 1.82) is 0 Å². The maximum atomic E-state index is 13.8. The third-order valence-corrected chi connectivity index (χ3v) is 6.98. The molecule has 0 amide bonds. The summed E-state index contributed by atoms with van der Waals surface area (Å²) >= 11 is 0. The molecular weight excluding hydrogens is 493 g/mol. The van der Waals surface area contributed by atoms with E-state index in [9.17, 15) is 13.2 Å². The Hall–Kier alpha value is -3.79. The van der Waals surface area contributed by atoms with E-state index in [0.29, 0.717) is 24.5 Å². The molecule has 0 saturated heterocycles. The highest BCUT2D eigenvalue weighted by Crippen LogP contribution is 2.37. The van der Waals surface area contributed by atoms with Crippen LogP contribution in [0.1, 0.15) is 65.8 Å². The fourth-order valence-electron chi connectivity index (χ4n) is 5.13. The Morgan fingerprint density at radius 3 is 2.45 bits per heavy atom. The fourth-order valence-corrected chi connectivity index (χ4v) is 5.13. The zero-order valence-corrected chi connectivity index (χ0v) is 21.1. The van der Waals surface area contributed by atoms with Crippen molar-refractivity contribution in [2.45, 2.75) is 57.0 Å². The number of tetrazole rings is 1. The van der Waals surface area contributed by atoms with Crippen LogP contribution in [0, 0.1) is 0 Å². The molecule has 0 radical (unpaired) electrons. The number of halogens is 3. The minimum Gasteiger partial charge on any atom is -0.497 e. The highest BCUT2D eigenvalue weighted by atomic mass is 19.4. The third-order valence-electron chi connectivity index (χ3n) is 6.98. The molecule has 0 spiro atoms. The molecular formula is C28H29F3N6O. The summed E-state index contributed by atoms with van der Waals surface area (Å²) in [5.41, 5.74) is 1.68. The molecule has 5 rings (SSSR count). The lowest BCUT2D eigenvalue weighted by atomic mass is 9.99. The Bertz CT molecular complexity index is 1320. The van der Waals surface area contributed by atoms with E-state index in [2.05, 4.69) is 25.4 Å². The molecule has 4 aromatic rings. The van der Waals surface area contributed by atoms with Crippen molar-refractivity contribution >= 4 is 0 Å². The number of rotatable bonds is 9. The molecule has 1 saturated carbocycles. The SMILES string of the molecule is COc1ccc(CN(Cc2cccnc2)C(c2cccc(C(F)(F)F)c2)c2nnnn2C2CCCC2)cc1. The number of aromatic nitrogens is 5. The Balaban J connectivity index is 1.63. The van der Waals surface area contributed by atoms with E-state index in [1.54, 1.807) is 25.6 Å². The fraction of sp³-hybridized carbons (Fsp3) is 0.357. The van der Waals surface area contributed by atoms with Gasteiger partial charge in [-0.25, -0.2) is 4.68 Å². The number of methoxy groups -OCH3 is 1. The average Bonchev–Trinajstić information content (AvgIpc) is 3.62. The first-order valence-electron chi connectivity index (χ1n) is 12.6. The Kier molecular flexibility index (Phi) is 7.69. The molecule has 0 bridgehead atoms. The first-order valence-corrected chi connectivity index (χ1v) is 12.6. The van der Waals surface area contributed by atoms with Crippen molar-refractivity contribution in [2.24, 2.45) is 0 Å². The minimum atomic E-state index is -4.47. The normalized spacial score (nSPS) is 15.2. The summed E-state index contributed by atoms with van der Waals surface area (Å²) in [4.78, 5) is 6.35. The Morgan fingerprint density at radius 1 is 1.00 bits per heavy atom. The standard InChI is InChI=1S/C28H29F3N6O/c1-38-25-13-11-20(12-14-25)18-36(19-21-6-5-15-32-17-21)26(22-7-4-8-23(16-22)28(29,30)31)27-33-34-35-37(27)24-9-2-3-10-24/h4-8,11-17,24,26H,2-3,9-10,18-19H2,1H3. The molecule has 2 aromatic heterocycles. The number of pyridine rings is 1. The molecule has 2 aromatic carbocycles. The van der Waals surface area contributed by atoms with Gasteiger partial charge in [0.1, 0.15) is 5.75 Å². The van der Waals surface area contributed by atoms with E-state index < -0.39 is 17.8 Å². The first kappa shape index (κ1) is 25.8. The second-order valence-corrected chi connectivity index (χ2v) is 9.56. The highest BCUT2D eigenvalue weighted by molar-refractivity contribution is 5.33.